The second kappa shape index (κ2) is 12.3. The number of phenols is 1. The highest BCUT2D eigenvalue weighted by Gasteiger charge is 2.20. The number of nitrogens with one attached hydrogen (secondary N) is 2. The molecule has 0 saturated heterocycles. The standard InChI is InChI=1S/C27H38N2O3/c1-20(2)17-23(14-11-21-9-7-6-8-10-21)28-19-24(29-26(31)32-27(3,4)5)18-22-12-15-25(30)16-13-22/h6-16,20,23-24,28,30H,17-19H2,1-5H3,(H,29,31). The zero-order valence-electron chi connectivity index (χ0n) is 20.0. The maximum absolute atomic E-state index is 12.4. The van der Waals surface area contributed by atoms with Gasteiger partial charge in [0.05, 0.1) is 0 Å². The highest BCUT2D eigenvalue weighted by Crippen LogP contribution is 2.14. The fraction of sp³-hybridized carbons (Fsp3) is 0.444. The molecule has 0 aromatic heterocycles. The quantitative estimate of drug-likeness (QED) is 0.455. The predicted octanol–water partition coefficient (Wildman–Crippen LogP) is 5.55. The number of carbonyl (C=O) groups excluding carboxylic acids is 1. The monoisotopic (exact) mass is 438 g/mol. The van der Waals surface area contributed by atoms with E-state index in [1.54, 1.807) is 12.1 Å². The van der Waals surface area contributed by atoms with Crippen LogP contribution in [0.4, 0.5) is 4.79 Å². The van der Waals surface area contributed by atoms with Crippen molar-refractivity contribution in [2.75, 3.05) is 6.54 Å². The van der Waals surface area contributed by atoms with Crippen molar-refractivity contribution in [3.63, 3.8) is 0 Å². The Bertz CT molecular complexity index is 839. The highest BCUT2D eigenvalue weighted by molar-refractivity contribution is 5.68. The van der Waals surface area contributed by atoms with Crippen LogP contribution in [0.1, 0.15) is 52.2 Å². The Morgan fingerprint density at radius 1 is 1.06 bits per heavy atom. The van der Waals surface area contributed by atoms with Gasteiger partial charge in [0.15, 0.2) is 0 Å². The molecule has 0 aliphatic heterocycles. The number of rotatable bonds is 10. The van der Waals surface area contributed by atoms with Gasteiger partial charge in [0.1, 0.15) is 11.4 Å². The van der Waals surface area contributed by atoms with Gasteiger partial charge in [0.25, 0.3) is 0 Å². The number of amides is 1. The molecule has 0 radical (unpaired) electrons. The van der Waals surface area contributed by atoms with Crippen molar-refractivity contribution in [2.24, 2.45) is 5.92 Å². The Morgan fingerprint density at radius 3 is 2.31 bits per heavy atom. The van der Waals surface area contributed by atoms with Crippen LogP contribution in [0.2, 0.25) is 0 Å². The van der Waals surface area contributed by atoms with E-state index in [1.165, 1.54) is 0 Å². The molecule has 2 aromatic rings. The topological polar surface area (TPSA) is 70.6 Å². The molecule has 0 aliphatic rings. The number of benzene rings is 2. The minimum atomic E-state index is -0.556. The fourth-order valence-corrected chi connectivity index (χ4v) is 3.39. The third kappa shape index (κ3) is 10.5. The van der Waals surface area contributed by atoms with Crippen LogP contribution in [0, 0.1) is 5.92 Å². The van der Waals surface area contributed by atoms with E-state index in [9.17, 15) is 9.90 Å². The molecule has 3 N–H and O–H groups in total. The van der Waals surface area contributed by atoms with Crippen LogP contribution in [0.25, 0.3) is 6.08 Å². The van der Waals surface area contributed by atoms with Gasteiger partial charge in [-0.05, 0) is 62.8 Å². The average Bonchev–Trinajstić information content (AvgIpc) is 2.70. The van der Waals surface area contributed by atoms with E-state index in [0.29, 0.717) is 18.9 Å². The molecule has 0 heterocycles. The molecule has 0 saturated carbocycles. The summed E-state index contributed by atoms with van der Waals surface area (Å²) in [5, 5.41) is 16.2. The van der Waals surface area contributed by atoms with Crippen LogP contribution in [0.15, 0.2) is 60.7 Å². The zero-order chi connectivity index (χ0) is 23.6. The second-order valence-electron chi connectivity index (χ2n) is 9.63. The Balaban J connectivity index is 2.08. The van der Waals surface area contributed by atoms with Crippen LogP contribution >= 0.6 is 0 Å². The number of aromatic hydroxyl groups is 1. The van der Waals surface area contributed by atoms with E-state index in [0.717, 1.165) is 17.5 Å². The molecule has 2 rings (SSSR count). The first-order valence-electron chi connectivity index (χ1n) is 11.3. The van der Waals surface area contributed by atoms with Gasteiger partial charge in [-0.15, -0.1) is 0 Å². The molecular weight excluding hydrogens is 400 g/mol. The summed E-state index contributed by atoms with van der Waals surface area (Å²) in [4.78, 5) is 12.4. The number of carbonyl (C=O) groups is 1. The molecule has 2 aromatic carbocycles. The molecule has 2 atom stereocenters. The number of hydrogen-bond acceptors (Lipinski definition) is 4. The SMILES string of the molecule is CC(C)CC(C=Cc1ccccc1)NCC(Cc1ccc(O)cc1)NC(=O)OC(C)(C)C. The van der Waals surface area contributed by atoms with E-state index >= 15 is 0 Å². The largest absolute Gasteiger partial charge is 0.508 e. The van der Waals surface area contributed by atoms with Crippen molar-refractivity contribution in [1.29, 1.82) is 0 Å². The Kier molecular flexibility index (Phi) is 9.79. The van der Waals surface area contributed by atoms with Gasteiger partial charge >= 0.3 is 6.09 Å². The molecule has 0 spiro atoms. The van der Waals surface area contributed by atoms with E-state index in [2.05, 4.69) is 48.8 Å². The van der Waals surface area contributed by atoms with E-state index in [4.69, 9.17) is 4.74 Å². The Labute approximate surface area is 192 Å². The molecule has 0 fully saturated rings. The maximum Gasteiger partial charge on any atom is 0.407 e. The third-order valence-corrected chi connectivity index (χ3v) is 4.81. The van der Waals surface area contributed by atoms with Crippen molar-refractivity contribution < 1.29 is 14.6 Å². The van der Waals surface area contributed by atoms with Crippen LogP contribution in [0.5, 0.6) is 5.75 Å². The molecule has 0 aliphatic carbocycles. The van der Waals surface area contributed by atoms with Crippen molar-refractivity contribution >= 4 is 12.2 Å². The molecule has 5 heteroatoms. The lowest BCUT2D eigenvalue weighted by molar-refractivity contribution is 0.0503. The van der Waals surface area contributed by atoms with E-state index in [1.807, 2.05) is 51.1 Å². The minimum absolute atomic E-state index is 0.158. The molecule has 1 amide bonds. The summed E-state index contributed by atoms with van der Waals surface area (Å²) >= 11 is 0. The zero-order valence-corrected chi connectivity index (χ0v) is 20.0. The summed E-state index contributed by atoms with van der Waals surface area (Å²) in [5.74, 6) is 0.758. The lowest BCUT2D eigenvalue weighted by Crippen LogP contribution is -2.47. The minimum Gasteiger partial charge on any atom is -0.508 e. The van der Waals surface area contributed by atoms with Gasteiger partial charge < -0.3 is 20.5 Å². The van der Waals surface area contributed by atoms with Crippen LogP contribution in [-0.4, -0.2) is 35.4 Å². The number of ether oxygens (including phenoxy) is 1. The number of hydrogen-bond donors (Lipinski definition) is 3. The molecule has 2 unspecified atom stereocenters. The van der Waals surface area contributed by atoms with Crippen LogP contribution in [0.3, 0.4) is 0 Å². The third-order valence-electron chi connectivity index (χ3n) is 4.81. The molecule has 32 heavy (non-hydrogen) atoms. The Hall–Kier alpha value is -2.79. The fourth-order valence-electron chi connectivity index (χ4n) is 3.39. The predicted molar refractivity (Wildman–Crippen MR) is 132 cm³/mol. The number of phenolic OH excluding ortho intramolecular Hbond substituents is 1. The first kappa shape index (κ1) is 25.5. The lowest BCUT2D eigenvalue weighted by Gasteiger charge is -2.26. The summed E-state index contributed by atoms with van der Waals surface area (Å²) < 4.78 is 5.47. The van der Waals surface area contributed by atoms with Gasteiger partial charge in [-0.2, -0.15) is 0 Å². The first-order valence-corrected chi connectivity index (χ1v) is 11.3. The second-order valence-corrected chi connectivity index (χ2v) is 9.63. The van der Waals surface area contributed by atoms with Crippen molar-refractivity contribution in [1.82, 2.24) is 10.6 Å². The van der Waals surface area contributed by atoms with Crippen LogP contribution in [-0.2, 0) is 11.2 Å². The normalized spacial score (nSPS) is 13.8. The van der Waals surface area contributed by atoms with Gasteiger partial charge in [-0.1, -0.05) is 68.5 Å². The summed E-state index contributed by atoms with van der Waals surface area (Å²) in [7, 11) is 0. The molecule has 174 valence electrons. The summed E-state index contributed by atoms with van der Waals surface area (Å²) in [6, 6.07) is 17.3. The maximum atomic E-state index is 12.4. The lowest BCUT2D eigenvalue weighted by atomic mass is 10.0. The summed E-state index contributed by atoms with van der Waals surface area (Å²) in [6.07, 6.45) is 5.52. The van der Waals surface area contributed by atoms with Gasteiger partial charge in [-0.3, -0.25) is 0 Å². The molecule has 0 bridgehead atoms. The summed E-state index contributed by atoms with van der Waals surface area (Å²) in [5.41, 5.74) is 1.64. The van der Waals surface area contributed by atoms with Gasteiger partial charge in [-0.25, -0.2) is 4.79 Å². The summed E-state index contributed by atoms with van der Waals surface area (Å²) in [6.45, 7) is 10.6. The molecular formula is C27H38N2O3. The molecule has 5 nitrogen and oxygen atoms in total. The smallest absolute Gasteiger partial charge is 0.407 e. The van der Waals surface area contributed by atoms with Gasteiger partial charge in [0.2, 0.25) is 0 Å². The van der Waals surface area contributed by atoms with Crippen molar-refractivity contribution in [3.8, 4) is 5.75 Å². The average molecular weight is 439 g/mol. The highest BCUT2D eigenvalue weighted by atomic mass is 16.6. The van der Waals surface area contributed by atoms with Crippen molar-refractivity contribution in [2.45, 2.75) is 65.1 Å². The van der Waals surface area contributed by atoms with E-state index in [-0.39, 0.29) is 17.8 Å². The number of alkyl carbamates (subject to hydrolysis) is 1. The first-order chi connectivity index (χ1) is 15.1. The van der Waals surface area contributed by atoms with Crippen LogP contribution < -0.4 is 10.6 Å². The Morgan fingerprint density at radius 2 is 1.72 bits per heavy atom. The van der Waals surface area contributed by atoms with Crippen molar-refractivity contribution in [3.05, 3.63) is 71.8 Å². The van der Waals surface area contributed by atoms with Gasteiger partial charge in [0, 0.05) is 18.6 Å². The van der Waals surface area contributed by atoms with E-state index < -0.39 is 11.7 Å².